The van der Waals surface area contributed by atoms with Gasteiger partial charge in [0.05, 0.1) is 13.2 Å². The lowest BCUT2D eigenvalue weighted by atomic mass is 9.97. The normalized spacial score (nSPS) is 50.0. The summed E-state index contributed by atoms with van der Waals surface area (Å²) in [7, 11) is 1.24. The van der Waals surface area contributed by atoms with Gasteiger partial charge in [0.1, 0.15) is 48.8 Å². The van der Waals surface area contributed by atoms with Gasteiger partial charge in [-0.25, -0.2) is 0 Å². The first-order valence-corrected chi connectivity index (χ1v) is 7.46. The van der Waals surface area contributed by atoms with Crippen LogP contribution in [0.5, 0.6) is 0 Å². The van der Waals surface area contributed by atoms with E-state index in [4.69, 9.17) is 29.2 Å². The van der Waals surface area contributed by atoms with Gasteiger partial charge in [-0.1, -0.05) is 0 Å². The highest BCUT2D eigenvalue weighted by atomic mass is 16.8. The van der Waals surface area contributed by atoms with Crippen LogP contribution < -0.4 is 0 Å². The molecule has 11 nitrogen and oxygen atoms in total. The molecule has 11 heteroatoms. The molecule has 0 saturated carbocycles. The zero-order chi connectivity index (χ0) is 18.0. The van der Waals surface area contributed by atoms with Crippen LogP contribution in [0.3, 0.4) is 0 Å². The highest BCUT2D eigenvalue weighted by Gasteiger charge is 2.50. The summed E-state index contributed by atoms with van der Waals surface area (Å²) in [6.07, 6.45) is -14.3. The number of aliphatic hydroxyl groups excluding tert-OH is 7. The lowest BCUT2D eigenvalue weighted by Crippen LogP contribution is -2.64. The molecule has 2 aliphatic heterocycles. The first-order valence-electron chi connectivity index (χ1n) is 7.46. The molecule has 142 valence electrons. The summed E-state index contributed by atoms with van der Waals surface area (Å²) in [5.74, 6) is 0. The van der Waals surface area contributed by atoms with Gasteiger partial charge >= 0.3 is 0 Å². The first-order chi connectivity index (χ1) is 11.3. The van der Waals surface area contributed by atoms with Crippen LogP contribution in [-0.2, 0) is 18.9 Å². The lowest BCUT2D eigenvalue weighted by molar-refractivity contribution is -0.364. The Morgan fingerprint density at radius 1 is 0.708 bits per heavy atom. The highest BCUT2D eigenvalue weighted by molar-refractivity contribution is 4.93. The van der Waals surface area contributed by atoms with Crippen molar-refractivity contribution in [3.8, 4) is 0 Å². The molecule has 0 radical (unpaired) electrons. The standard InChI is InChI=1S/C13H24O11/c1-21-13-11(9(19)7(17)5(3-15)23-13)24-12-10(20)8(18)6(16)4(2-14)22-12/h4-20H,2-3H2,1H3/t4-,5-,6-,7-,8+,9+,10+,11+,12+,13-/m1/s1. The van der Waals surface area contributed by atoms with E-state index in [0.29, 0.717) is 0 Å². The van der Waals surface area contributed by atoms with E-state index >= 15 is 0 Å². The molecule has 10 atom stereocenters. The van der Waals surface area contributed by atoms with Crippen molar-refractivity contribution in [2.24, 2.45) is 0 Å². The van der Waals surface area contributed by atoms with Crippen molar-refractivity contribution >= 4 is 0 Å². The molecule has 2 rings (SSSR count). The van der Waals surface area contributed by atoms with Gasteiger partial charge in [-0.05, 0) is 0 Å². The summed E-state index contributed by atoms with van der Waals surface area (Å²) in [4.78, 5) is 0. The van der Waals surface area contributed by atoms with Gasteiger partial charge in [-0.15, -0.1) is 0 Å². The van der Waals surface area contributed by atoms with Gasteiger partial charge < -0.3 is 54.7 Å². The summed E-state index contributed by atoms with van der Waals surface area (Å²) < 4.78 is 20.8. The largest absolute Gasteiger partial charge is 0.394 e. The van der Waals surface area contributed by atoms with Crippen molar-refractivity contribution in [1.82, 2.24) is 0 Å². The second-order valence-electron chi connectivity index (χ2n) is 5.74. The molecule has 0 amide bonds. The summed E-state index contributed by atoms with van der Waals surface area (Å²) in [5.41, 5.74) is 0. The molecule has 2 fully saturated rings. The Balaban J connectivity index is 2.12. The van der Waals surface area contributed by atoms with Crippen LogP contribution in [0.2, 0.25) is 0 Å². The van der Waals surface area contributed by atoms with Crippen LogP contribution in [0.1, 0.15) is 0 Å². The molecular weight excluding hydrogens is 332 g/mol. The summed E-state index contributed by atoms with van der Waals surface area (Å²) in [5, 5.41) is 67.8. The summed E-state index contributed by atoms with van der Waals surface area (Å²) >= 11 is 0. The first kappa shape index (κ1) is 19.9. The number of hydrogen-bond acceptors (Lipinski definition) is 11. The van der Waals surface area contributed by atoms with Crippen LogP contribution >= 0.6 is 0 Å². The number of ether oxygens (including phenoxy) is 4. The van der Waals surface area contributed by atoms with E-state index in [9.17, 15) is 25.5 Å². The van der Waals surface area contributed by atoms with Crippen molar-refractivity contribution in [2.75, 3.05) is 20.3 Å². The third-order valence-electron chi connectivity index (χ3n) is 4.20. The second kappa shape index (κ2) is 8.29. The molecule has 0 aromatic heterocycles. The molecule has 2 heterocycles. The summed E-state index contributed by atoms with van der Waals surface area (Å²) in [6.45, 7) is -1.21. The predicted molar refractivity (Wildman–Crippen MR) is 73.4 cm³/mol. The molecule has 0 spiro atoms. The molecular formula is C13H24O11. The second-order valence-corrected chi connectivity index (χ2v) is 5.74. The average molecular weight is 356 g/mol. The number of hydrogen-bond donors (Lipinski definition) is 7. The third-order valence-corrected chi connectivity index (χ3v) is 4.20. The van der Waals surface area contributed by atoms with Crippen LogP contribution in [0.25, 0.3) is 0 Å². The molecule has 0 unspecified atom stereocenters. The fourth-order valence-electron chi connectivity index (χ4n) is 2.73. The van der Waals surface area contributed by atoms with Gasteiger partial charge in [0.25, 0.3) is 0 Å². The van der Waals surface area contributed by atoms with Crippen molar-refractivity contribution in [2.45, 2.75) is 61.4 Å². The smallest absolute Gasteiger partial charge is 0.187 e. The molecule has 0 aliphatic carbocycles. The minimum atomic E-state index is -1.68. The average Bonchev–Trinajstić information content (AvgIpc) is 2.59. The van der Waals surface area contributed by atoms with Gasteiger partial charge in [-0.2, -0.15) is 0 Å². The zero-order valence-electron chi connectivity index (χ0n) is 13.0. The maximum atomic E-state index is 10.2. The zero-order valence-corrected chi connectivity index (χ0v) is 13.0. The van der Waals surface area contributed by atoms with E-state index < -0.39 is 74.6 Å². The Labute approximate surface area is 137 Å². The van der Waals surface area contributed by atoms with Gasteiger partial charge in [-0.3, -0.25) is 0 Å². The van der Waals surface area contributed by atoms with E-state index in [1.807, 2.05) is 0 Å². The van der Waals surface area contributed by atoms with Crippen LogP contribution in [-0.4, -0.2) is 117 Å². The molecule has 0 aromatic carbocycles. The molecule has 24 heavy (non-hydrogen) atoms. The highest BCUT2D eigenvalue weighted by Crippen LogP contribution is 2.29. The SMILES string of the molecule is CO[C@@H]1O[C@H](CO)[C@@H](O)[C@H](O)[C@@H]1O[C@@H]1O[C@H](CO)[C@@H](O)[C@H](O)[C@@H]1O. The third kappa shape index (κ3) is 3.71. The van der Waals surface area contributed by atoms with Crippen molar-refractivity contribution in [3.05, 3.63) is 0 Å². The molecule has 2 aliphatic rings. The maximum Gasteiger partial charge on any atom is 0.187 e. The summed E-state index contributed by atoms with van der Waals surface area (Å²) in [6, 6.07) is 0. The molecule has 0 aromatic rings. The van der Waals surface area contributed by atoms with Crippen LogP contribution in [0, 0.1) is 0 Å². The number of rotatable bonds is 5. The Kier molecular flexibility index (Phi) is 6.87. The Hall–Kier alpha value is -0.440. The fourth-order valence-corrected chi connectivity index (χ4v) is 2.73. The topological polar surface area (TPSA) is 179 Å². The van der Waals surface area contributed by atoms with E-state index in [1.165, 1.54) is 7.11 Å². The van der Waals surface area contributed by atoms with Crippen molar-refractivity contribution < 1.29 is 54.7 Å². The molecule has 7 N–H and O–H groups in total. The minimum absolute atomic E-state index is 0.565. The fraction of sp³-hybridized carbons (Fsp3) is 1.00. The van der Waals surface area contributed by atoms with E-state index in [-0.39, 0.29) is 0 Å². The van der Waals surface area contributed by atoms with E-state index in [1.54, 1.807) is 0 Å². The number of methoxy groups -OCH3 is 1. The monoisotopic (exact) mass is 356 g/mol. The van der Waals surface area contributed by atoms with Crippen molar-refractivity contribution in [1.29, 1.82) is 0 Å². The van der Waals surface area contributed by atoms with Gasteiger partial charge in [0.15, 0.2) is 12.6 Å². The Morgan fingerprint density at radius 3 is 1.71 bits per heavy atom. The van der Waals surface area contributed by atoms with Gasteiger partial charge in [0, 0.05) is 7.11 Å². The maximum absolute atomic E-state index is 10.2. The van der Waals surface area contributed by atoms with Crippen molar-refractivity contribution in [3.63, 3.8) is 0 Å². The molecule has 2 saturated heterocycles. The quantitative estimate of drug-likeness (QED) is 0.251. The van der Waals surface area contributed by atoms with Gasteiger partial charge in [0.2, 0.25) is 0 Å². The minimum Gasteiger partial charge on any atom is -0.394 e. The molecule has 0 bridgehead atoms. The van der Waals surface area contributed by atoms with Crippen LogP contribution in [0.15, 0.2) is 0 Å². The Bertz CT molecular complexity index is 392. The van der Waals surface area contributed by atoms with E-state index in [0.717, 1.165) is 0 Å². The van der Waals surface area contributed by atoms with Crippen LogP contribution in [0.4, 0.5) is 0 Å². The predicted octanol–water partition coefficient (Wildman–Crippen LogP) is -4.74. The van der Waals surface area contributed by atoms with E-state index in [2.05, 4.69) is 0 Å². The lowest BCUT2D eigenvalue weighted by Gasteiger charge is -2.45. The Morgan fingerprint density at radius 2 is 1.21 bits per heavy atom. The number of aliphatic hydroxyl groups is 7.